The van der Waals surface area contributed by atoms with Crippen LogP contribution >= 0.6 is 0 Å². The van der Waals surface area contributed by atoms with Crippen LogP contribution in [0.25, 0.3) is 0 Å². The number of hydrogen-bond donors (Lipinski definition) is 2. The molecular weight excluding hydrogens is 352 g/mol. The molecule has 0 spiro atoms. The largest absolute Gasteiger partial charge is 0.465 e. The molecule has 144 valence electrons. The van der Waals surface area contributed by atoms with E-state index < -0.39 is 17.8 Å². The lowest BCUT2D eigenvalue weighted by molar-refractivity contribution is -0.146. The molecule has 0 radical (unpaired) electrons. The summed E-state index contributed by atoms with van der Waals surface area (Å²) in [6, 6.07) is 6.32. The molecule has 0 aromatic heterocycles. The molecule has 0 atom stereocenters. The van der Waals surface area contributed by atoms with E-state index in [4.69, 9.17) is 4.74 Å². The Hall–Kier alpha value is -3.10. The van der Waals surface area contributed by atoms with Gasteiger partial charge in [0.05, 0.1) is 18.4 Å². The summed E-state index contributed by atoms with van der Waals surface area (Å²) in [4.78, 5) is 51.2. The van der Waals surface area contributed by atoms with E-state index in [9.17, 15) is 19.2 Å². The highest BCUT2D eigenvalue weighted by Gasteiger charge is 2.31. The van der Waals surface area contributed by atoms with E-state index in [0.29, 0.717) is 18.8 Å². The molecule has 1 heterocycles. The van der Waals surface area contributed by atoms with Gasteiger partial charge in [-0.1, -0.05) is 12.1 Å². The molecule has 27 heavy (non-hydrogen) atoms. The topological polar surface area (TPSA) is 108 Å². The molecule has 3 rings (SSSR count). The minimum absolute atomic E-state index is 0.128. The number of ether oxygens (including phenoxy) is 1. The summed E-state index contributed by atoms with van der Waals surface area (Å²) in [6.45, 7) is 1.16. The van der Waals surface area contributed by atoms with Gasteiger partial charge >= 0.3 is 23.8 Å². The molecule has 0 unspecified atom stereocenters. The number of esters is 1. The van der Waals surface area contributed by atoms with Crippen molar-refractivity contribution in [2.75, 3.05) is 38.6 Å². The van der Waals surface area contributed by atoms with Crippen LogP contribution in [0.1, 0.15) is 23.2 Å². The second-order valence-electron chi connectivity index (χ2n) is 6.49. The van der Waals surface area contributed by atoms with Crippen LogP contribution in [0, 0.1) is 0 Å². The van der Waals surface area contributed by atoms with Gasteiger partial charge in [0.1, 0.15) is 0 Å². The van der Waals surface area contributed by atoms with Crippen molar-refractivity contribution in [3.05, 3.63) is 29.8 Å². The number of benzene rings is 1. The molecule has 1 saturated carbocycles. The van der Waals surface area contributed by atoms with Crippen molar-refractivity contribution < 1.29 is 23.9 Å². The maximum Gasteiger partial charge on any atom is 0.339 e. The number of nitrogens with one attached hydrogen (secondary N) is 2. The van der Waals surface area contributed by atoms with Crippen molar-refractivity contribution in [1.82, 2.24) is 15.1 Å². The first kappa shape index (κ1) is 18.7. The number of amides is 4. The second-order valence-corrected chi connectivity index (χ2v) is 6.49. The first-order valence-electron chi connectivity index (χ1n) is 8.82. The highest BCUT2D eigenvalue weighted by molar-refractivity contribution is 6.35. The fourth-order valence-corrected chi connectivity index (χ4v) is 2.81. The van der Waals surface area contributed by atoms with Gasteiger partial charge < -0.3 is 25.2 Å². The van der Waals surface area contributed by atoms with Gasteiger partial charge in [0.15, 0.2) is 0 Å². The van der Waals surface area contributed by atoms with Crippen LogP contribution in [0.2, 0.25) is 0 Å². The zero-order valence-corrected chi connectivity index (χ0v) is 15.1. The van der Waals surface area contributed by atoms with E-state index in [-0.39, 0.29) is 30.7 Å². The molecule has 1 saturated heterocycles. The van der Waals surface area contributed by atoms with Gasteiger partial charge in [-0.3, -0.25) is 9.59 Å². The number of nitrogens with zero attached hydrogens (tertiary/aromatic N) is 2. The zero-order chi connectivity index (χ0) is 19.4. The third kappa shape index (κ3) is 4.55. The fourth-order valence-electron chi connectivity index (χ4n) is 2.81. The first-order valence-corrected chi connectivity index (χ1v) is 8.82. The number of rotatable bonds is 3. The Morgan fingerprint density at radius 2 is 1.63 bits per heavy atom. The number of carbonyl (C=O) groups is 4. The monoisotopic (exact) mass is 374 g/mol. The third-order valence-corrected chi connectivity index (χ3v) is 4.53. The summed E-state index contributed by atoms with van der Waals surface area (Å²) in [5, 5.41) is 5.37. The molecule has 2 aliphatic rings. The van der Waals surface area contributed by atoms with E-state index in [1.807, 2.05) is 0 Å². The minimum Gasteiger partial charge on any atom is -0.465 e. The van der Waals surface area contributed by atoms with Crippen LogP contribution in [0.3, 0.4) is 0 Å². The number of methoxy groups -OCH3 is 1. The van der Waals surface area contributed by atoms with Crippen LogP contribution in [0.15, 0.2) is 24.3 Å². The molecule has 1 aliphatic heterocycles. The van der Waals surface area contributed by atoms with E-state index in [0.717, 1.165) is 12.8 Å². The predicted molar refractivity (Wildman–Crippen MR) is 96.1 cm³/mol. The molecule has 2 N–H and O–H groups in total. The summed E-state index contributed by atoms with van der Waals surface area (Å²) in [7, 11) is 1.27. The minimum atomic E-state index is -0.581. The van der Waals surface area contributed by atoms with Crippen molar-refractivity contribution in [3.8, 4) is 0 Å². The number of piperazine rings is 1. The quantitative estimate of drug-likeness (QED) is 0.589. The number of hydrogen-bond acceptors (Lipinski definition) is 5. The number of carbonyl (C=O) groups excluding carboxylic acids is 4. The molecule has 1 aliphatic carbocycles. The molecule has 0 bridgehead atoms. The summed E-state index contributed by atoms with van der Waals surface area (Å²) in [5.74, 6) is -1.68. The van der Waals surface area contributed by atoms with Crippen molar-refractivity contribution in [1.29, 1.82) is 0 Å². The fraction of sp³-hybridized carbons (Fsp3) is 0.444. The molecule has 4 amide bonds. The zero-order valence-electron chi connectivity index (χ0n) is 15.1. The summed E-state index contributed by atoms with van der Waals surface area (Å²) >= 11 is 0. The van der Waals surface area contributed by atoms with E-state index >= 15 is 0 Å². The van der Waals surface area contributed by atoms with E-state index in [2.05, 4.69) is 10.6 Å². The summed E-state index contributed by atoms with van der Waals surface area (Å²) in [5.41, 5.74) is 0.621. The highest BCUT2D eigenvalue weighted by atomic mass is 16.5. The van der Waals surface area contributed by atoms with Crippen LogP contribution < -0.4 is 10.6 Å². The standard InChI is InChI=1S/C18H22N4O5/c1-27-17(25)13-4-2-3-5-14(13)20-18(26)22-10-8-21(9-11-22)16(24)15(23)19-12-6-7-12/h2-5,12H,6-11H2,1H3,(H,19,23)(H,20,26). The number of urea groups is 1. The lowest BCUT2D eigenvalue weighted by Crippen LogP contribution is -2.54. The molecular formula is C18H22N4O5. The van der Waals surface area contributed by atoms with Gasteiger partial charge in [-0.25, -0.2) is 9.59 Å². The van der Waals surface area contributed by atoms with Crippen LogP contribution in [-0.4, -0.2) is 72.9 Å². The van der Waals surface area contributed by atoms with Gasteiger partial charge in [0, 0.05) is 32.2 Å². The van der Waals surface area contributed by atoms with Crippen molar-refractivity contribution in [3.63, 3.8) is 0 Å². The molecule has 1 aromatic rings. The predicted octanol–water partition coefficient (Wildman–Crippen LogP) is 0.428. The molecule has 9 heteroatoms. The Morgan fingerprint density at radius 3 is 2.26 bits per heavy atom. The average molecular weight is 374 g/mol. The Labute approximate surface area is 156 Å². The van der Waals surface area contributed by atoms with Crippen molar-refractivity contribution in [2.45, 2.75) is 18.9 Å². The Balaban J connectivity index is 1.53. The van der Waals surface area contributed by atoms with Gasteiger partial charge in [-0.2, -0.15) is 0 Å². The van der Waals surface area contributed by atoms with Gasteiger partial charge in [0.2, 0.25) is 0 Å². The van der Waals surface area contributed by atoms with Gasteiger partial charge in [0.25, 0.3) is 0 Å². The smallest absolute Gasteiger partial charge is 0.339 e. The molecule has 1 aromatic carbocycles. The van der Waals surface area contributed by atoms with Crippen LogP contribution in [-0.2, 0) is 14.3 Å². The normalized spacial score (nSPS) is 16.5. The maximum atomic E-state index is 12.5. The van der Waals surface area contributed by atoms with Crippen LogP contribution in [0.5, 0.6) is 0 Å². The summed E-state index contributed by atoms with van der Waals surface area (Å²) in [6.07, 6.45) is 1.83. The molecule has 9 nitrogen and oxygen atoms in total. The van der Waals surface area contributed by atoms with E-state index in [1.54, 1.807) is 24.3 Å². The SMILES string of the molecule is COC(=O)c1ccccc1NC(=O)N1CCN(C(=O)C(=O)NC2CC2)CC1. The Morgan fingerprint density at radius 1 is 1.00 bits per heavy atom. The Bertz CT molecular complexity index is 754. The van der Waals surface area contributed by atoms with Crippen molar-refractivity contribution in [2.24, 2.45) is 0 Å². The number of para-hydroxylation sites is 1. The third-order valence-electron chi connectivity index (χ3n) is 4.53. The van der Waals surface area contributed by atoms with Gasteiger partial charge in [-0.05, 0) is 25.0 Å². The maximum absolute atomic E-state index is 12.5. The summed E-state index contributed by atoms with van der Waals surface area (Å²) < 4.78 is 4.71. The molecule has 2 fully saturated rings. The Kier molecular flexibility index (Phi) is 5.58. The highest BCUT2D eigenvalue weighted by Crippen LogP contribution is 2.19. The second kappa shape index (κ2) is 8.07. The van der Waals surface area contributed by atoms with E-state index in [1.165, 1.54) is 16.9 Å². The average Bonchev–Trinajstić information content (AvgIpc) is 3.51. The lowest BCUT2D eigenvalue weighted by atomic mass is 10.2. The lowest BCUT2D eigenvalue weighted by Gasteiger charge is -2.34. The number of anilines is 1. The van der Waals surface area contributed by atoms with Gasteiger partial charge in [-0.15, -0.1) is 0 Å². The van der Waals surface area contributed by atoms with Crippen LogP contribution in [0.4, 0.5) is 10.5 Å². The van der Waals surface area contributed by atoms with Crippen molar-refractivity contribution >= 4 is 29.5 Å². The first-order chi connectivity index (χ1) is 13.0.